The number of carboxylic acid groups (broad SMARTS) is 1. The zero-order valence-electron chi connectivity index (χ0n) is 14.3. The highest BCUT2D eigenvalue weighted by Crippen LogP contribution is 2.18. The maximum absolute atomic E-state index is 12.6. The van der Waals surface area contributed by atoms with E-state index in [0.29, 0.717) is 0 Å². The minimum Gasteiger partial charge on any atom is -0.480 e. The van der Waals surface area contributed by atoms with Crippen molar-refractivity contribution in [1.82, 2.24) is 9.88 Å². The average molecular weight is 342 g/mol. The highest BCUT2D eigenvalue weighted by atomic mass is 16.4. The molecule has 0 radical (unpaired) electrons. The van der Waals surface area contributed by atoms with E-state index in [1.807, 2.05) is 30.3 Å². The molecule has 1 aromatic carbocycles. The average Bonchev–Trinajstić information content (AvgIpc) is 2.57. The molecule has 2 N–H and O–H groups in total. The lowest BCUT2D eigenvalue weighted by Crippen LogP contribution is -2.49. The Morgan fingerprint density at radius 1 is 1.12 bits per heavy atom. The number of amides is 1. The molecule has 132 valence electrons. The molecule has 0 aliphatic rings. The van der Waals surface area contributed by atoms with Crippen molar-refractivity contribution in [2.24, 2.45) is 5.41 Å². The number of benzene rings is 1. The number of carbonyl (C=O) groups is 2. The van der Waals surface area contributed by atoms with Crippen molar-refractivity contribution in [2.45, 2.75) is 32.9 Å². The van der Waals surface area contributed by atoms with Crippen molar-refractivity contribution in [3.8, 4) is 0 Å². The van der Waals surface area contributed by atoms with Crippen LogP contribution in [0.4, 0.5) is 0 Å². The SMILES string of the molecule is CC(C)(Cn1ccccc1=O)C(=O)NC(Cc1ccccc1)C(=O)O. The number of carboxylic acids is 1. The number of pyridine rings is 1. The zero-order chi connectivity index (χ0) is 18.4. The molecule has 0 spiro atoms. The number of hydrogen-bond donors (Lipinski definition) is 2. The van der Waals surface area contributed by atoms with Gasteiger partial charge in [0.25, 0.3) is 5.56 Å². The maximum atomic E-state index is 12.6. The third kappa shape index (κ3) is 5.04. The molecule has 0 aliphatic heterocycles. The Kier molecular flexibility index (Phi) is 5.75. The van der Waals surface area contributed by atoms with Gasteiger partial charge in [-0.05, 0) is 25.5 Å². The standard InChI is InChI=1S/C19H22N2O4/c1-19(2,13-21-11-7-6-10-16(21)22)18(25)20-15(17(23)24)12-14-8-4-3-5-9-14/h3-11,15H,12-13H2,1-2H3,(H,20,25)(H,23,24). The first-order valence-corrected chi connectivity index (χ1v) is 8.03. The minimum absolute atomic E-state index is 0.163. The summed E-state index contributed by atoms with van der Waals surface area (Å²) in [7, 11) is 0. The molecule has 0 saturated carbocycles. The lowest BCUT2D eigenvalue weighted by molar-refractivity contribution is -0.143. The van der Waals surface area contributed by atoms with E-state index in [1.54, 1.807) is 32.2 Å². The number of rotatable bonds is 7. The molecule has 1 amide bonds. The molecule has 1 heterocycles. The summed E-state index contributed by atoms with van der Waals surface area (Å²) in [4.78, 5) is 35.9. The maximum Gasteiger partial charge on any atom is 0.326 e. The summed E-state index contributed by atoms with van der Waals surface area (Å²) in [5.74, 6) is -1.50. The van der Waals surface area contributed by atoms with E-state index in [9.17, 15) is 19.5 Å². The van der Waals surface area contributed by atoms with E-state index in [4.69, 9.17) is 0 Å². The summed E-state index contributed by atoms with van der Waals surface area (Å²) in [5.41, 5.74) is -0.315. The number of aromatic nitrogens is 1. The molecular weight excluding hydrogens is 320 g/mol. The molecule has 25 heavy (non-hydrogen) atoms. The fraction of sp³-hybridized carbons (Fsp3) is 0.316. The van der Waals surface area contributed by atoms with E-state index in [2.05, 4.69) is 5.32 Å². The first-order chi connectivity index (χ1) is 11.8. The van der Waals surface area contributed by atoms with Crippen LogP contribution in [0.1, 0.15) is 19.4 Å². The summed E-state index contributed by atoms with van der Waals surface area (Å²) in [6.07, 6.45) is 1.80. The van der Waals surface area contributed by atoms with E-state index < -0.39 is 23.3 Å². The number of hydrogen-bond acceptors (Lipinski definition) is 3. The molecule has 1 atom stereocenters. The van der Waals surface area contributed by atoms with Crippen molar-refractivity contribution >= 4 is 11.9 Å². The van der Waals surface area contributed by atoms with Crippen LogP contribution in [-0.4, -0.2) is 27.6 Å². The summed E-state index contributed by atoms with van der Waals surface area (Å²) >= 11 is 0. The van der Waals surface area contributed by atoms with E-state index in [0.717, 1.165) is 5.56 Å². The lowest BCUT2D eigenvalue weighted by atomic mass is 9.91. The predicted octanol–water partition coefficient (Wildman–Crippen LogP) is 1.69. The van der Waals surface area contributed by atoms with Gasteiger partial charge in [0.2, 0.25) is 5.91 Å². The molecule has 2 rings (SSSR count). The minimum atomic E-state index is -1.09. The second-order valence-electron chi connectivity index (χ2n) is 6.60. The van der Waals surface area contributed by atoms with Crippen LogP contribution in [0.25, 0.3) is 0 Å². The quantitative estimate of drug-likeness (QED) is 0.801. The van der Waals surface area contributed by atoms with Gasteiger partial charge in [-0.25, -0.2) is 4.79 Å². The Morgan fingerprint density at radius 2 is 1.76 bits per heavy atom. The van der Waals surface area contributed by atoms with Crippen molar-refractivity contribution in [2.75, 3.05) is 0 Å². The second kappa shape index (κ2) is 7.79. The monoisotopic (exact) mass is 342 g/mol. The number of carbonyl (C=O) groups excluding carboxylic acids is 1. The Labute approximate surface area is 146 Å². The Morgan fingerprint density at radius 3 is 2.36 bits per heavy atom. The summed E-state index contributed by atoms with van der Waals surface area (Å²) in [6.45, 7) is 3.53. The Bertz CT molecular complexity index is 796. The van der Waals surface area contributed by atoms with Crippen LogP contribution in [0.5, 0.6) is 0 Å². The zero-order valence-corrected chi connectivity index (χ0v) is 14.3. The molecule has 6 nitrogen and oxygen atoms in total. The van der Waals surface area contributed by atoms with E-state index >= 15 is 0 Å². The van der Waals surface area contributed by atoms with Gasteiger partial charge in [0.15, 0.2) is 0 Å². The van der Waals surface area contributed by atoms with Gasteiger partial charge in [0, 0.05) is 25.2 Å². The molecule has 0 fully saturated rings. The van der Waals surface area contributed by atoms with Gasteiger partial charge in [0.05, 0.1) is 5.41 Å². The van der Waals surface area contributed by atoms with Crippen LogP contribution < -0.4 is 10.9 Å². The molecule has 0 bridgehead atoms. The first kappa shape index (κ1) is 18.4. The highest BCUT2D eigenvalue weighted by Gasteiger charge is 2.32. The number of nitrogens with zero attached hydrogens (tertiary/aromatic N) is 1. The normalized spacial score (nSPS) is 12.4. The van der Waals surface area contributed by atoms with Crippen molar-refractivity contribution < 1.29 is 14.7 Å². The predicted molar refractivity (Wildman–Crippen MR) is 94.2 cm³/mol. The van der Waals surface area contributed by atoms with Gasteiger partial charge in [-0.15, -0.1) is 0 Å². The number of aliphatic carboxylic acids is 1. The van der Waals surface area contributed by atoms with Crippen LogP contribution in [0.2, 0.25) is 0 Å². The van der Waals surface area contributed by atoms with Crippen LogP contribution in [0.3, 0.4) is 0 Å². The van der Waals surface area contributed by atoms with E-state index in [-0.39, 0.29) is 18.5 Å². The lowest BCUT2D eigenvalue weighted by Gasteiger charge is -2.26. The topological polar surface area (TPSA) is 88.4 Å². The van der Waals surface area contributed by atoms with Gasteiger partial charge in [0.1, 0.15) is 6.04 Å². The molecule has 1 unspecified atom stereocenters. The Balaban J connectivity index is 2.10. The smallest absolute Gasteiger partial charge is 0.326 e. The molecule has 6 heteroatoms. The molecule has 2 aromatic rings. The summed E-state index contributed by atoms with van der Waals surface area (Å²) in [6, 6.07) is 12.9. The van der Waals surface area contributed by atoms with Crippen molar-refractivity contribution in [3.05, 3.63) is 70.6 Å². The summed E-state index contributed by atoms with van der Waals surface area (Å²) in [5, 5.41) is 12.0. The summed E-state index contributed by atoms with van der Waals surface area (Å²) < 4.78 is 1.44. The molecule has 1 aromatic heterocycles. The van der Waals surface area contributed by atoms with Crippen LogP contribution in [-0.2, 0) is 22.6 Å². The Hall–Kier alpha value is -2.89. The fourth-order valence-electron chi connectivity index (χ4n) is 2.49. The van der Waals surface area contributed by atoms with Gasteiger partial charge in [-0.2, -0.15) is 0 Å². The molecule has 0 saturated heterocycles. The third-order valence-corrected chi connectivity index (χ3v) is 3.97. The van der Waals surface area contributed by atoms with Gasteiger partial charge >= 0.3 is 5.97 Å². The van der Waals surface area contributed by atoms with Crippen LogP contribution in [0.15, 0.2) is 59.5 Å². The second-order valence-corrected chi connectivity index (χ2v) is 6.60. The van der Waals surface area contributed by atoms with Gasteiger partial charge in [-0.1, -0.05) is 36.4 Å². The van der Waals surface area contributed by atoms with Crippen LogP contribution >= 0.6 is 0 Å². The van der Waals surface area contributed by atoms with E-state index in [1.165, 1.54) is 10.6 Å². The van der Waals surface area contributed by atoms with Gasteiger partial charge < -0.3 is 15.0 Å². The third-order valence-electron chi connectivity index (χ3n) is 3.97. The first-order valence-electron chi connectivity index (χ1n) is 8.03. The van der Waals surface area contributed by atoms with Crippen molar-refractivity contribution in [1.29, 1.82) is 0 Å². The van der Waals surface area contributed by atoms with Crippen molar-refractivity contribution in [3.63, 3.8) is 0 Å². The number of nitrogens with one attached hydrogen (secondary N) is 1. The molecule has 0 aliphatic carbocycles. The largest absolute Gasteiger partial charge is 0.480 e. The highest BCUT2D eigenvalue weighted by molar-refractivity contribution is 5.87. The molecular formula is C19H22N2O4. The van der Waals surface area contributed by atoms with Gasteiger partial charge in [-0.3, -0.25) is 9.59 Å². The van der Waals surface area contributed by atoms with Crippen LogP contribution in [0, 0.1) is 5.41 Å². The fourth-order valence-corrected chi connectivity index (χ4v) is 2.49.